The fourth-order valence-electron chi connectivity index (χ4n) is 19.8. The lowest BCUT2D eigenvalue weighted by molar-refractivity contribution is -0.143. The third-order valence-electron chi connectivity index (χ3n) is 26.6. The van der Waals surface area contributed by atoms with Crippen molar-refractivity contribution in [3.05, 3.63) is 381 Å². The van der Waals surface area contributed by atoms with Crippen LogP contribution in [0.2, 0.25) is 20.1 Å². The van der Waals surface area contributed by atoms with Crippen molar-refractivity contribution < 1.29 is 92.4 Å². The van der Waals surface area contributed by atoms with Gasteiger partial charge in [-0.2, -0.15) is 39.5 Å². The molecule has 5 unspecified atom stereocenters. The second-order valence-electron chi connectivity index (χ2n) is 35.9. The molecule has 0 fully saturated rings. The summed E-state index contributed by atoms with van der Waals surface area (Å²) in [5.41, 5.74) is 11.3. The number of anilines is 4. The van der Waals surface area contributed by atoms with Crippen molar-refractivity contribution in [3.8, 4) is 0 Å². The molecule has 0 spiro atoms. The molecule has 33 heteroatoms. The van der Waals surface area contributed by atoms with Gasteiger partial charge in [0.1, 0.15) is 11.4 Å². The minimum absolute atomic E-state index is 0.00745. The molecular weight excluding hydrogens is 1960 g/mol. The summed E-state index contributed by atoms with van der Waals surface area (Å²) in [6.45, 7) is 18.0. The Hall–Kier alpha value is -13.6. The van der Waals surface area contributed by atoms with Crippen molar-refractivity contribution in [2.75, 3.05) is 52.4 Å². The van der Waals surface area contributed by atoms with E-state index in [2.05, 4.69) is 17.8 Å². The SMILES string of the molecule is CCCCCCN1C(=O)C(O)(c2ccc3ccccc3c2)c2c1cc(C(N)=O)cc2C(F)(F)F.CCCCOC1(c2ccc3ccccc3c2)C(=O)Cc2cc(Cl)cc(Cl)c21.CCCN1C(=O)C(N)(c2ccc3ccccc3c2)c2c(Cl)cc(Cl)cc21.CCCN1C(=O)C(N)(c2ccc3ccccc3c2)c2c1cc(C(N)=O)cc2C(F)(F)F.[C-]#[N+]c1cc2c(c(C(F)(F)F)c1)C(O)(c1ccccc1F)C(=O)N2CCC. The molecule has 5 aliphatic rings. The fraction of sp³-hybridized carbons (Fsp3) is 0.250. The Balaban J connectivity index is 0.000000137. The topological polar surface area (TPSA) is 291 Å². The Morgan fingerprint density at radius 2 is 0.766 bits per heavy atom. The van der Waals surface area contributed by atoms with Gasteiger partial charge in [-0.3, -0.25) is 33.6 Å². The van der Waals surface area contributed by atoms with Crippen molar-refractivity contribution in [1.82, 2.24) is 0 Å². The van der Waals surface area contributed by atoms with Gasteiger partial charge in [0, 0.05) is 104 Å². The van der Waals surface area contributed by atoms with E-state index in [0.29, 0.717) is 87.3 Å². The second-order valence-corrected chi connectivity index (χ2v) is 37.6. The maximum atomic E-state index is 14.4. The zero-order valence-corrected chi connectivity index (χ0v) is 81.9. The van der Waals surface area contributed by atoms with E-state index >= 15 is 0 Å². The molecule has 0 aromatic heterocycles. The van der Waals surface area contributed by atoms with E-state index in [1.165, 1.54) is 41.3 Å². The average Bonchev–Trinajstić information content (AvgIpc) is 1.57. The summed E-state index contributed by atoms with van der Waals surface area (Å²) in [6.07, 6.45) is -7.76. The van der Waals surface area contributed by atoms with Crippen molar-refractivity contribution in [2.45, 2.75) is 145 Å². The number of unbranched alkanes of at least 4 members (excludes halogenated alkanes) is 4. The smallest absolute Gasteiger partial charge is 0.372 e. The lowest BCUT2D eigenvalue weighted by Gasteiger charge is -2.31. The molecule has 145 heavy (non-hydrogen) atoms. The number of rotatable bonds is 22. The first-order valence-electron chi connectivity index (χ1n) is 46.8. The number of Topliss-reactive ketones (excluding diaryl/α,β-unsaturated/α-hetero) is 1. The maximum Gasteiger partial charge on any atom is 0.416 e. The zero-order valence-electron chi connectivity index (χ0n) is 78.9. The molecule has 0 radical (unpaired) electrons. The number of hydrogen-bond acceptors (Lipinski definition) is 12. The molecule has 5 atom stereocenters. The van der Waals surface area contributed by atoms with E-state index in [0.717, 1.165) is 126 Å². The van der Waals surface area contributed by atoms with E-state index in [9.17, 15) is 87.7 Å². The number of primary amides is 2. The number of aliphatic hydroxyl groups is 2. The average molecular weight is 2060 g/mol. The first-order valence-corrected chi connectivity index (χ1v) is 48.3. The third-order valence-corrected chi connectivity index (χ3v) is 27.6. The molecule has 14 aromatic rings. The molecule has 6 amide bonds. The van der Waals surface area contributed by atoms with Crippen LogP contribution in [0.5, 0.6) is 0 Å². The van der Waals surface area contributed by atoms with Crippen molar-refractivity contribution in [3.63, 3.8) is 0 Å². The molecule has 0 bridgehead atoms. The minimum Gasteiger partial charge on any atom is -0.372 e. The lowest BCUT2D eigenvalue weighted by atomic mass is 9.81. The number of carbonyl (C=O) groups is 7. The number of benzene rings is 14. The van der Waals surface area contributed by atoms with Crippen LogP contribution in [0.4, 0.5) is 72.3 Å². The van der Waals surface area contributed by atoms with Crippen LogP contribution in [0.25, 0.3) is 47.9 Å². The highest BCUT2D eigenvalue weighted by molar-refractivity contribution is 6.37. The number of amides is 6. The summed E-state index contributed by atoms with van der Waals surface area (Å²) in [5.74, 6) is -5.85. The van der Waals surface area contributed by atoms with Crippen molar-refractivity contribution >= 4 is 159 Å². The summed E-state index contributed by atoms with van der Waals surface area (Å²) in [6, 6.07) is 69.0. The number of nitrogens with two attached hydrogens (primary N) is 4. The highest BCUT2D eigenvalue weighted by atomic mass is 35.5. The summed E-state index contributed by atoms with van der Waals surface area (Å²) in [7, 11) is 0. The molecular formula is C112H97Cl4F10N9O10. The molecule has 19 rings (SSSR count). The predicted molar refractivity (Wildman–Crippen MR) is 543 cm³/mol. The second kappa shape index (κ2) is 41.8. The van der Waals surface area contributed by atoms with Gasteiger partial charge in [0.25, 0.3) is 23.6 Å². The highest BCUT2D eigenvalue weighted by Gasteiger charge is 2.61. The third kappa shape index (κ3) is 19.4. The number of nitrogens with zero attached hydrogens (tertiary/aromatic N) is 5. The van der Waals surface area contributed by atoms with Crippen LogP contribution in [-0.4, -0.2) is 84.2 Å². The van der Waals surface area contributed by atoms with Crippen LogP contribution in [0.3, 0.4) is 0 Å². The Kier molecular flexibility index (Phi) is 30.5. The van der Waals surface area contributed by atoms with Crippen LogP contribution >= 0.6 is 46.4 Å². The van der Waals surface area contributed by atoms with Gasteiger partial charge in [-0.05, 0) is 194 Å². The van der Waals surface area contributed by atoms with Gasteiger partial charge in [0.05, 0.1) is 45.3 Å². The van der Waals surface area contributed by atoms with Gasteiger partial charge in [-0.25, -0.2) is 9.24 Å². The van der Waals surface area contributed by atoms with Gasteiger partial charge in [-0.15, -0.1) is 0 Å². The standard InChI is InChI=1S/C26H25F3N2O3.C23H20Cl2O2.C23H20F3N3O2.C21H18Cl2N2O.C19H14F4N2O2/c1-2-3-4-7-12-31-21-15-18(23(30)32)14-20(26(27,28)29)22(21)25(34,24(31)33)19-11-10-16-8-5-6-9-17(16)13-19;1-2-3-10-27-23(18-9-8-15-6-4-5-7-16(15)11-18)21(26)13-17-12-19(24)14-20(25)22(17)23;1-2-9-29-18-12-15(20(27)30)11-17(23(24,25)26)19(18)22(28,21(29)31)16-8-7-13-5-3-4-6-14(13)10-16;1-2-9-25-18-12-16(22)11-17(23)19(18)21(24,20(25)26)15-8-7-13-5-3-4-6-14(13)10-15;1-3-8-25-15-10-11(24-2)9-13(19(21,22)23)16(15)18(27,17(25)26)12-6-4-5-7-14(12)20/h5-6,8-11,13-15,34H,2-4,7,12H2,1H3,(H2,30,32);4-9,11-12,14H,2-3,10,13H2,1H3;3-8,10-12H,2,9,28H2,1H3,(H2,27,30);3-8,10-12H,2,9,24H2,1H3;4-7,9-10,27H,3,8H2,1H3. The first-order chi connectivity index (χ1) is 68.8. The number of hydrogen-bond donors (Lipinski definition) is 6. The van der Waals surface area contributed by atoms with E-state index in [1.54, 1.807) is 85.5 Å². The normalized spacial score (nSPS) is 18.7. The Bertz CT molecular complexity index is 7570. The summed E-state index contributed by atoms with van der Waals surface area (Å²) < 4.78 is 147. The quantitative estimate of drug-likeness (QED) is 0.0210. The number of alkyl halides is 9. The molecule has 19 nitrogen and oxygen atoms in total. The zero-order chi connectivity index (χ0) is 105. The molecule has 10 N–H and O–H groups in total. The molecule has 0 saturated carbocycles. The van der Waals surface area contributed by atoms with Crippen molar-refractivity contribution in [1.29, 1.82) is 0 Å². The molecule has 14 aromatic carbocycles. The summed E-state index contributed by atoms with van der Waals surface area (Å²) in [5, 5.41) is 32.3. The van der Waals surface area contributed by atoms with Gasteiger partial charge in [0.2, 0.25) is 11.8 Å². The van der Waals surface area contributed by atoms with Gasteiger partial charge in [-0.1, -0.05) is 270 Å². The van der Waals surface area contributed by atoms with Gasteiger partial charge >= 0.3 is 18.5 Å². The largest absolute Gasteiger partial charge is 0.416 e. The Labute approximate surface area is 848 Å². The molecule has 4 aliphatic heterocycles. The van der Waals surface area contributed by atoms with Crippen molar-refractivity contribution in [2.24, 2.45) is 22.9 Å². The number of ketones is 1. The predicted octanol–water partition coefficient (Wildman–Crippen LogP) is 24.9. The molecule has 748 valence electrons. The van der Waals surface area contributed by atoms with Crippen LogP contribution in [0.15, 0.2) is 255 Å². The molecule has 4 heterocycles. The maximum absolute atomic E-state index is 14.4. The minimum atomic E-state index is -4.95. The number of halogens is 14. The lowest BCUT2D eigenvalue weighted by Crippen LogP contribution is -2.49. The van der Waals surface area contributed by atoms with Gasteiger partial charge in [0.15, 0.2) is 33.8 Å². The van der Waals surface area contributed by atoms with Crippen LogP contribution in [0, 0.1) is 12.4 Å². The number of carbonyl (C=O) groups excluding carboxylic acids is 7. The van der Waals surface area contributed by atoms with E-state index < -0.39 is 115 Å². The summed E-state index contributed by atoms with van der Waals surface area (Å²) in [4.78, 5) is 98.4. The Morgan fingerprint density at radius 1 is 0.393 bits per heavy atom. The molecule has 1 aliphatic carbocycles. The number of fused-ring (bicyclic) bond motifs is 9. The van der Waals surface area contributed by atoms with Crippen LogP contribution in [0.1, 0.15) is 191 Å². The Morgan fingerprint density at radius 3 is 1.23 bits per heavy atom. The summed E-state index contributed by atoms with van der Waals surface area (Å²) >= 11 is 25.5. The van der Waals surface area contributed by atoms with E-state index in [1.807, 2.05) is 123 Å². The monoisotopic (exact) mass is 2060 g/mol. The number of ether oxygens (including phenoxy) is 1. The molecule has 0 saturated heterocycles. The van der Waals surface area contributed by atoms with Crippen LogP contribution < -0.4 is 42.5 Å². The van der Waals surface area contributed by atoms with E-state index in [4.69, 9.17) is 80.6 Å². The fourth-order valence-corrected chi connectivity index (χ4v) is 21.1. The van der Waals surface area contributed by atoms with Crippen LogP contribution in [-0.2, 0) is 81.5 Å². The van der Waals surface area contributed by atoms with E-state index in [-0.39, 0.29) is 88.3 Å². The highest BCUT2D eigenvalue weighted by Crippen LogP contribution is 2.57. The van der Waals surface area contributed by atoms with Gasteiger partial charge < -0.3 is 57.5 Å². The first kappa shape index (κ1) is 106.